The van der Waals surface area contributed by atoms with Crippen LogP contribution in [0.2, 0.25) is 0 Å². The van der Waals surface area contributed by atoms with Crippen molar-refractivity contribution >= 4 is 32.3 Å². The van der Waals surface area contributed by atoms with Gasteiger partial charge < -0.3 is 5.32 Å². The van der Waals surface area contributed by atoms with Gasteiger partial charge in [-0.2, -0.15) is 4.31 Å². The van der Waals surface area contributed by atoms with Crippen LogP contribution in [-0.2, 0) is 16.4 Å². The first-order valence-corrected chi connectivity index (χ1v) is 10.9. The van der Waals surface area contributed by atoms with Gasteiger partial charge in [0.15, 0.2) is 5.78 Å². The quantitative estimate of drug-likeness (QED) is 0.621. The van der Waals surface area contributed by atoms with Crippen molar-refractivity contribution in [2.45, 2.75) is 38.5 Å². The lowest BCUT2D eigenvalue weighted by Crippen LogP contribution is -2.30. The Kier molecular flexibility index (Phi) is 7.24. The van der Waals surface area contributed by atoms with Crippen molar-refractivity contribution in [3.8, 4) is 0 Å². The predicted octanol–water partition coefficient (Wildman–Crippen LogP) is 2.82. The van der Waals surface area contributed by atoms with Gasteiger partial charge in [-0.3, -0.25) is 4.79 Å². The van der Waals surface area contributed by atoms with Crippen LogP contribution in [0.1, 0.15) is 42.6 Å². The van der Waals surface area contributed by atoms with Crippen LogP contribution >= 0.6 is 11.3 Å². The number of carbonyl (C=O) groups excluding carboxylic acids is 1. The fourth-order valence-electron chi connectivity index (χ4n) is 2.42. The van der Waals surface area contributed by atoms with Crippen molar-refractivity contribution in [2.24, 2.45) is 0 Å². The minimum Gasteiger partial charge on any atom is -0.353 e. The molecular formula is C17H24N4O3S2. The maximum atomic E-state index is 12.5. The molecule has 1 heterocycles. The zero-order valence-electron chi connectivity index (χ0n) is 15.2. The summed E-state index contributed by atoms with van der Waals surface area (Å²) in [6.07, 6.45) is 1.87. The highest BCUT2D eigenvalue weighted by molar-refractivity contribution is 7.89. The largest absolute Gasteiger partial charge is 0.353 e. The molecule has 7 nitrogen and oxygen atoms in total. The van der Waals surface area contributed by atoms with Gasteiger partial charge in [0.1, 0.15) is 5.01 Å². The summed E-state index contributed by atoms with van der Waals surface area (Å²) < 4.78 is 26.3. The van der Waals surface area contributed by atoms with Crippen LogP contribution in [0.15, 0.2) is 29.2 Å². The summed E-state index contributed by atoms with van der Waals surface area (Å²) in [4.78, 5) is 12.5. The van der Waals surface area contributed by atoms with Gasteiger partial charge in [0, 0.05) is 25.1 Å². The SMILES string of the molecule is CCCc1nnc(NCC(=O)c2ccc(S(=O)(=O)N(CC)CC)cc2)s1. The summed E-state index contributed by atoms with van der Waals surface area (Å²) in [6.45, 7) is 6.57. The van der Waals surface area contributed by atoms with Gasteiger partial charge in [-0.05, 0) is 30.7 Å². The normalized spacial score (nSPS) is 11.7. The molecule has 0 atom stereocenters. The lowest BCUT2D eigenvalue weighted by atomic mass is 10.1. The van der Waals surface area contributed by atoms with Gasteiger partial charge >= 0.3 is 0 Å². The summed E-state index contributed by atoms with van der Waals surface area (Å²) in [7, 11) is -3.51. The average molecular weight is 397 g/mol. The Morgan fingerprint density at radius 2 is 1.77 bits per heavy atom. The Balaban J connectivity index is 2.02. The van der Waals surface area contributed by atoms with Crippen LogP contribution in [0.5, 0.6) is 0 Å². The van der Waals surface area contributed by atoms with E-state index in [-0.39, 0.29) is 17.2 Å². The van der Waals surface area contributed by atoms with Crippen molar-refractivity contribution in [1.29, 1.82) is 0 Å². The molecule has 2 aromatic rings. The van der Waals surface area contributed by atoms with Crippen LogP contribution in [0.3, 0.4) is 0 Å². The second-order valence-corrected chi connectivity index (χ2v) is 8.64. The molecule has 0 saturated heterocycles. The molecule has 0 aliphatic carbocycles. The van der Waals surface area contributed by atoms with E-state index in [9.17, 15) is 13.2 Å². The van der Waals surface area contributed by atoms with E-state index >= 15 is 0 Å². The third-order valence-electron chi connectivity index (χ3n) is 3.85. The summed E-state index contributed by atoms with van der Waals surface area (Å²) in [6, 6.07) is 6.04. The van der Waals surface area contributed by atoms with Crippen molar-refractivity contribution < 1.29 is 13.2 Å². The number of ketones is 1. The van der Waals surface area contributed by atoms with E-state index in [4.69, 9.17) is 0 Å². The number of hydrogen-bond donors (Lipinski definition) is 1. The van der Waals surface area contributed by atoms with Crippen molar-refractivity contribution in [3.63, 3.8) is 0 Å². The lowest BCUT2D eigenvalue weighted by molar-refractivity contribution is 0.101. The van der Waals surface area contributed by atoms with Gasteiger partial charge in [0.2, 0.25) is 15.2 Å². The van der Waals surface area contributed by atoms with Gasteiger partial charge in [-0.25, -0.2) is 8.42 Å². The van der Waals surface area contributed by atoms with Crippen LogP contribution in [0.25, 0.3) is 0 Å². The molecule has 0 saturated carbocycles. The van der Waals surface area contributed by atoms with Crippen LogP contribution < -0.4 is 5.32 Å². The fraction of sp³-hybridized carbons (Fsp3) is 0.471. The predicted molar refractivity (Wildman–Crippen MR) is 103 cm³/mol. The first-order chi connectivity index (χ1) is 12.4. The topological polar surface area (TPSA) is 92.3 Å². The maximum Gasteiger partial charge on any atom is 0.243 e. The monoisotopic (exact) mass is 396 g/mol. The molecular weight excluding hydrogens is 372 g/mol. The van der Waals surface area contributed by atoms with E-state index in [1.807, 2.05) is 0 Å². The molecule has 142 valence electrons. The van der Waals surface area contributed by atoms with E-state index in [1.54, 1.807) is 26.0 Å². The number of anilines is 1. The number of aryl methyl sites for hydroxylation is 1. The van der Waals surface area contributed by atoms with Crippen molar-refractivity contribution in [1.82, 2.24) is 14.5 Å². The Morgan fingerprint density at radius 3 is 2.35 bits per heavy atom. The molecule has 26 heavy (non-hydrogen) atoms. The van der Waals surface area contributed by atoms with E-state index in [0.29, 0.717) is 23.8 Å². The van der Waals surface area contributed by atoms with Gasteiger partial charge in [-0.15, -0.1) is 10.2 Å². The lowest BCUT2D eigenvalue weighted by Gasteiger charge is -2.18. The first kappa shape index (κ1) is 20.5. The number of nitrogens with one attached hydrogen (secondary N) is 1. The van der Waals surface area contributed by atoms with E-state index in [0.717, 1.165) is 17.8 Å². The molecule has 0 bridgehead atoms. The first-order valence-electron chi connectivity index (χ1n) is 8.62. The number of Topliss-reactive ketones (excluding diaryl/α,β-unsaturated/α-hetero) is 1. The second-order valence-electron chi connectivity index (χ2n) is 5.64. The van der Waals surface area contributed by atoms with Crippen molar-refractivity contribution in [3.05, 3.63) is 34.8 Å². The fourth-order valence-corrected chi connectivity index (χ4v) is 4.72. The molecule has 0 fully saturated rings. The minimum atomic E-state index is -3.51. The molecule has 0 unspecified atom stereocenters. The molecule has 1 aromatic carbocycles. The van der Waals surface area contributed by atoms with E-state index in [2.05, 4.69) is 22.4 Å². The molecule has 0 radical (unpaired) electrons. The highest BCUT2D eigenvalue weighted by Crippen LogP contribution is 2.18. The Morgan fingerprint density at radius 1 is 1.12 bits per heavy atom. The third kappa shape index (κ3) is 4.87. The Hall–Kier alpha value is -1.84. The molecule has 2 rings (SSSR count). The van der Waals surface area contributed by atoms with Gasteiger partial charge in [0.05, 0.1) is 11.4 Å². The zero-order valence-corrected chi connectivity index (χ0v) is 16.9. The number of carbonyl (C=O) groups is 1. The maximum absolute atomic E-state index is 12.5. The van der Waals surface area contributed by atoms with Gasteiger partial charge in [0.25, 0.3) is 0 Å². The number of benzene rings is 1. The molecule has 0 aliphatic rings. The zero-order chi connectivity index (χ0) is 19.2. The second kappa shape index (κ2) is 9.20. The molecule has 0 spiro atoms. The molecule has 1 N–H and O–H groups in total. The molecule has 1 aromatic heterocycles. The number of aromatic nitrogens is 2. The molecule has 9 heteroatoms. The number of nitrogens with zero attached hydrogens (tertiary/aromatic N) is 3. The Bertz CT molecular complexity index is 828. The highest BCUT2D eigenvalue weighted by atomic mass is 32.2. The summed E-state index contributed by atoms with van der Waals surface area (Å²) in [5.74, 6) is -0.135. The summed E-state index contributed by atoms with van der Waals surface area (Å²) >= 11 is 1.44. The number of hydrogen-bond acceptors (Lipinski definition) is 7. The highest BCUT2D eigenvalue weighted by Gasteiger charge is 2.21. The van der Waals surface area contributed by atoms with E-state index < -0.39 is 10.0 Å². The van der Waals surface area contributed by atoms with Crippen LogP contribution in [-0.4, -0.2) is 48.3 Å². The standard InChI is InChI=1S/C17H24N4O3S2/c1-4-7-16-19-20-17(25-16)18-12-15(22)13-8-10-14(11-9-13)26(23,24)21(5-2)6-3/h8-11H,4-7,12H2,1-3H3,(H,18,20). The Labute approximate surface area is 158 Å². The van der Waals surface area contributed by atoms with Crippen LogP contribution in [0, 0.1) is 0 Å². The molecule has 0 amide bonds. The van der Waals surface area contributed by atoms with E-state index in [1.165, 1.54) is 27.8 Å². The number of sulfonamides is 1. The van der Waals surface area contributed by atoms with Gasteiger partial charge in [-0.1, -0.05) is 32.1 Å². The summed E-state index contributed by atoms with van der Waals surface area (Å²) in [5, 5.41) is 12.6. The van der Waals surface area contributed by atoms with Crippen molar-refractivity contribution in [2.75, 3.05) is 25.0 Å². The third-order valence-corrected chi connectivity index (χ3v) is 6.86. The average Bonchev–Trinajstić information content (AvgIpc) is 3.08. The number of rotatable bonds is 10. The summed E-state index contributed by atoms with van der Waals surface area (Å²) in [5.41, 5.74) is 0.453. The molecule has 0 aliphatic heterocycles. The van der Waals surface area contributed by atoms with Crippen LogP contribution in [0.4, 0.5) is 5.13 Å². The smallest absolute Gasteiger partial charge is 0.243 e. The minimum absolute atomic E-state index is 0.0862.